The van der Waals surface area contributed by atoms with Crippen LogP contribution >= 0.6 is 23.2 Å². The van der Waals surface area contributed by atoms with Crippen molar-refractivity contribution in [3.8, 4) is 11.5 Å². The molecule has 3 aromatic rings. The van der Waals surface area contributed by atoms with Crippen LogP contribution in [0.25, 0.3) is 0 Å². The van der Waals surface area contributed by atoms with Crippen LogP contribution in [0.5, 0.6) is 11.5 Å². The summed E-state index contributed by atoms with van der Waals surface area (Å²) < 4.78 is 74.0. The summed E-state index contributed by atoms with van der Waals surface area (Å²) in [4.78, 5) is 1.65. The van der Waals surface area contributed by atoms with Crippen molar-refractivity contribution >= 4 is 38.9 Å². The van der Waals surface area contributed by atoms with Crippen molar-refractivity contribution < 1.29 is 31.4 Å². The van der Waals surface area contributed by atoms with Crippen LogP contribution in [-0.4, -0.2) is 44.7 Å². The highest BCUT2D eigenvalue weighted by atomic mass is 35.5. The van der Waals surface area contributed by atoms with Gasteiger partial charge in [0.1, 0.15) is 23.0 Å². The van der Waals surface area contributed by atoms with Crippen molar-refractivity contribution in [1.82, 2.24) is 4.90 Å². The molecule has 0 spiro atoms. The Morgan fingerprint density at radius 1 is 0.974 bits per heavy atom. The Morgan fingerprint density at radius 3 is 2.18 bits per heavy atom. The SMILES string of the molecule is O=S(=O)(c1c(Cl)cc(C(F)(F)F)cc1Cl)N(Cc1cccc(O)c1)c1ccc(OCCN2CCCC2)cc1. The van der Waals surface area contributed by atoms with Crippen LogP contribution in [-0.2, 0) is 22.7 Å². The van der Waals surface area contributed by atoms with E-state index in [-0.39, 0.29) is 18.0 Å². The number of aromatic hydroxyl groups is 1. The van der Waals surface area contributed by atoms with Crippen LogP contribution in [0.3, 0.4) is 0 Å². The number of phenols is 1. The minimum atomic E-state index is -4.76. The van der Waals surface area contributed by atoms with Crippen LogP contribution in [0, 0.1) is 0 Å². The second kappa shape index (κ2) is 11.6. The first-order valence-electron chi connectivity index (χ1n) is 11.8. The Bertz CT molecular complexity index is 1360. The lowest BCUT2D eigenvalue weighted by Gasteiger charge is -2.26. The lowest BCUT2D eigenvalue weighted by Crippen LogP contribution is -2.31. The molecule has 0 atom stereocenters. The Kier molecular flexibility index (Phi) is 8.66. The standard InChI is InChI=1S/C26H25Cl2F3N2O4S/c27-23-15-19(26(29,30)31)16-24(28)25(23)38(35,36)33(17-18-4-3-5-21(34)14-18)20-6-8-22(9-7-20)37-13-12-32-10-1-2-11-32/h3-9,14-16,34H,1-2,10-13,17H2. The monoisotopic (exact) mass is 588 g/mol. The zero-order chi connectivity index (χ0) is 27.5. The van der Waals surface area contributed by atoms with Gasteiger partial charge in [0.15, 0.2) is 0 Å². The number of phenolic OH excluding ortho intramolecular Hbond substituents is 1. The topological polar surface area (TPSA) is 70.1 Å². The molecule has 1 saturated heterocycles. The van der Waals surface area contributed by atoms with E-state index in [1.807, 2.05) is 0 Å². The van der Waals surface area contributed by atoms with Gasteiger partial charge in [-0.25, -0.2) is 8.42 Å². The van der Waals surface area contributed by atoms with E-state index in [2.05, 4.69) is 4.90 Å². The molecule has 0 aliphatic carbocycles. The minimum absolute atomic E-state index is 0.0767. The Balaban J connectivity index is 1.66. The van der Waals surface area contributed by atoms with Crippen LogP contribution in [0.4, 0.5) is 18.9 Å². The highest BCUT2D eigenvalue weighted by Gasteiger charge is 2.36. The van der Waals surface area contributed by atoms with Gasteiger partial charge in [-0.2, -0.15) is 13.2 Å². The second-order valence-corrected chi connectivity index (χ2v) is 11.5. The molecule has 0 unspecified atom stereocenters. The number of rotatable bonds is 9. The lowest BCUT2D eigenvalue weighted by molar-refractivity contribution is -0.137. The van der Waals surface area contributed by atoms with Crippen LogP contribution in [0.2, 0.25) is 10.0 Å². The van der Waals surface area contributed by atoms with Crippen molar-refractivity contribution in [3.05, 3.63) is 81.8 Å². The summed E-state index contributed by atoms with van der Waals surface area (Å²) in [6.45, 7) is 3.09. The van der Waals surface area contributed by atoms with Crippen molar-refractivity contribution in [3.63, 3.8) is 0 Å². The number of anilines is 1. The van der Waals surface area contributed by atoms with E-state index in [1.54, 1.807) is 24.3 Å². The van der Waals surface area contributed by atoms with Gasteiger partial charge in [-0.05, 0) is 80.0 Å². The van der Waals surface area contributed by atoms with E-state index >= 15 is 0 Å². The third kappa shape index (κ3) is 6.66. The maximum Gasteiger partial charge on any atom is 0.416 e. The van der Waals surface area contributed by atoms with Crippen LogP contribution < -0.4 is 9.04 Å². The van der Waals surface area contributed by atoms with Crippen molar-refractivity contribution in [2.45, 2.75) is 30.5 Å². The average Bonchev–Trinajstić information content (AvgIpc) is 3.35. The molecule has 0 radical (unpaired) electrons. The maximum atomic E-state index is 13.8. The van der Waals surface area contributed by atoms with E-state index in [1.165, 1.54) is 37.1 Å². The van der Waals surface area contributed by atoms with Crippen LogP contribution in [0.15, 0.2) is 65.6 Å². The largest absolute Gasteiger partial charge is 0.508 e. The molecule has 0 bridgehead atoms. The van der Waals surface area contributed by atoms with E-state index < -0.39 is 36.7 Å². The maximum absolute atomic E-state index is 13.8. The molecule has 0 amide bonds. The molecule has 6 nitrogen and oxygen atoms in total. The highest BCUT2D eigenvalue weighted by molar-refractivity contribution is 7.93. The van der Waals surface area contributed by atoms with E-state index in [4.69, 9.17) is 27.9 Å². The van der Waals surface area contributed by atoms with Gasteiger partial charge in [0, 0.05) is 6.54 Å². The molecule has 1 aliphatic rings. The summed E-state index contributed by atoms with van der Waals surface area (Å²) in [6, 6.07) is 13.3. The number of hydrogen-bond donors (Lipinski definition) is 1. The number of ether oxygens (including phenoxy) is 1. The molecular weight excluding hydrogens is 564 g/mol. The number of halogens is 5. The summed E-state index contributed by atoms with van der Waals surface area (Å²) in [5.74, 6) is 0.459. The summed E-state index contributed by atoms with van der Waals surface area (Å²) >= 11 is 12.1. The van der Waals surface area contributed by atoms with Gasteiger partial charge in [-0.1, -0.05) is 35.3 Å². The van der Waals surface area contributed by atoms with Gasteiger partial charge in [-0.3, -0.25) is 9.21 Å². The Morgan fingerprint density at radius 2 is 1.61 bits per heavy atom. The highest BCUT2D eigenvalue weighted by Crippen LogP contribution is 2.40. The molecule has 0 aromatic heterocycles. The first kappa shape index (κ1) is 28.4. The summed E-state index contributed by atoms with van der Waals surface area (Å²) in [7, 11) is -4.56. The van der Waals surface area contributed by atoms with Gasteiger partial charge < -0.3 is 9.84 Å². The number of benzene rings is 3. The molecule has 38 heavy (non-hydrogen) atoms. The third-order valence-electron chi connectivity index (χ3n) is 6.11. The van der Waals surface area contributed by atoms with Gasteiger partial charge in [0.2, 0.25) is 0 Å². The van der Waals surface area contributed by atoms with Crippen molar-refractivity contribution in [2.75, 3.05) is 30.5 Å². The van der Waals surface area contributed by atoms with Crippen molar-refractivity contribution in [1.29, 1.82) is 0 Å². The second-order valence-electron chi connectivity index (χ2n) is 8.84. The fraction of sp³-hybridized carbons (Fsp3) is 0.308. The molecule has 1 N–H and O–H groups in total. The zero-order valence-corrected chi connectivity index (χ0v) is 22.4. The number of nitrogens with zero attached hydrogens (tertiary/aromatic N) is 2. The lowest BCUT2D eigenvalue weighted by atomic mass is 10.2. The molecule has 4 rings (SSSR count). The molecule has 204 valence electrons. The predicted molar refractivity (Wildman–Crippen MR) is 141 cm³/mol. The van der Waals surface area contributed by atoms with Gasteiger partial charge in [0.05, 0.1) is 27.8 Å². The average molecular weight is 589 g/mol. The Hall–Kier alpha value is -2.66. The fourth-order valence-corrected chi connectivity index (χ4v) is 6.84. The van der Waals surface area contributed by atoms with Gasteiger partial charge in [-0.15, -0.1) is 0 Å². The van der Waals surface area contributed by atoms with Gasteiger partial charge >= 0.3 is 6.18 Å². The number of sulfonamides is 1. The number of likely N-dealkylation sites (tertiary alicyclic amines) is 1. The minimum Gasteiger partial charge on any atom is -0.508 e. The number of hydrogen-bond acceptors (Lipinski definition) is 5. The normalized spacial score (nSPS) is 14.6. The first-order valence-corrected chi connectivity index (χ1v) is 14.0. The molecule has 0 saturated carbocycles. The quantitative estimate of drug-likeness (QED) is 0.305. The van der Waals surface area contributed by atoms with E-state index in [9.17, 15) is 26.7 Å². The van der Waals surface area contributed by atoms with Gasteiger partial charge in [0.25, 0.3) is 10.0 Å². The molecule has 1 fully saturated rings. The van der Waals surface area contributed by atoms with Crippen molar-refractivity contribution in [2.24, 2.45) is 0 Å². The molecular formula is C26H25Cl2F3N2O4S. The first-order chi connectivity index (χ1) is 17.9. The molecule has 1 heterocycles. The molecule has 12 heteroatoms. The summed E-state index contributed by atoms with van der Waals surface area (Å²) in [6.07, 6.45) is -2.42. The third-order valence-corrected chi connectivity index (χ3v) is 8.81. The van der Waals surface area contributed by atoms with E-state index in [0.29, 0.717) is 30.1 Å². The fourth-order valence-electron chi connectivity index (χ4n) is 4.22. The zero-order valence-electron chi connectivity index (χ0n) is 20.1. The summed E-state index contributed by atoms with van der Waals surface area (Å²) in [5, 5.41) is 8.55. The molecule has 3 aromatic carbocycles. The molecule has 1 aliphatic heterocycles. The van der Waals surface area contributed by atoms with E-state index in [0.717, 1.165) is 23.9 Å². The number of alkyl halides is 3. The smallest absolute Gasteiger partial charge is 0.416 e. The summed E-state index contributed by atoms with van der Waals surface area (Å²) in [5.41, 5.74) is -0.535. The Labute approximate surface area is 229 Å². The van der Waals surface area contributed by atoms with Crippen LogP contribution in [0.1, 0.15) is 24.0 Å². The predicted octanol–water partition coefficient (Wildman–Crippen LogP) is 6.59.